The molecule has 1 amide bonds. The van der Waals surface area contributed by atoms with Gasteiger partial charge in [-0.15, -0.1) is 5.10 Å². The lowest BCUT2D eigenvalue weighted by Crippen LogP contribution is -2.20. The number of thioether (sulfide) groups is 1. The molecule has 0 aliphatic carbocycles. The Morgan fingerprint density at radius 3 is 2.47 bits per heavy atom. The molecule has 0 unspecified atom stereocenters. The standard InChI is InChI=1S/C23H24N6O2S/c1-16-21(17(2)29(27-16)19-11-7-4-8-12-19)24-20(30)15-32-23-26-25-22(31)28(23)14-13-18-9-5-3-6-10-18/h3-12H,13-15H2,1-2H3,(H,24,30)(H,25,31). The number of aryl methyl sites for hydroxylation is 2. The van der Waals surface area contributed by atoms with E-state index in [2.05, 4.69) is 20.6 Å². The molecule has 8 nitrogen and oxygen atoms in total. The van der Waals surface area contributed by atoms with Gasteiger partial charge in [-0.1, -0.05) is 60.3 Å². The van der Waals surface area contributed by atoms with Crippen LogP contribution in [0.15, 0.2) is 70.6 Å². The largest absolute Gasteiger partial charge is 0.343 e. The van der Waals surface area contributed by atoms with Crippen LogP contribution in [0.1, 0.15) is 17.0 Å². The van der Waals surface area contributed by atoms with Crippen LogP contribution >= 0.6 is 11.8 Å². The highest BCUT2D eigenvalue weighted by molar-refractivity contribution is 7.99. The quantitative estimate of drug-likeness (QED) is 0.403. The normalized spacial score (nSPS) is 10.9. The van der Waals surface area contributed by atoms with Crippen LogP contribution in [0.5, 0.6) is 0 Å². The lowest BCUT2D eigenvalue weighted by atomic mass is 10.1. The molecule has 0 saturated carbocycles. The molecule has 2 N–H and O–H groups in total. The Balaban J connectivity index is 1.40. The van der Waals surface area contributed by atoms with Crippen molar-refractivity contribution in [3.05, 3.63) is 88.1 Å². The van der Waals surface area contributed by atoms with Crippen LogP contribution in [0, 0.1) is 13.8 Å². The Hall–Kier alpha value is -3.59. The number of carbonyl (C=O) groups is 1. The lowest BCUT2D eigenvalue weighted by molar-refractivity contribution is -0.113. The van der Waals surface area contributed by atoms with Gasteiger partial charge in [0.15, 0.2) is 5.16 Å². The van der Waals surface area contributed by atoms with Crippen molar-refractivity contribution in [3.63, 3.8) is 0 Å². The minimum Gasteiger partial charge on any atom is -0.322 e. The van der Waals surface area contributed by atoms with E-state index in [0.717, 1.165) is 22.6 Å². The number of nitrogens with one attached hydrogen (secondary N) is 2. The van der Waals surface area contributed by atoms with Crippen LogP contribution in [0.3, 0.4) is 0 Å². The average molecular weight is 449 g/mol. The summed E-state index contributed by atoms with van der Waals surface area (Å²) in [6, 6.07) is 19.7. The molecule has 0 saturated heterocycles. The third-order valence-electron chi connectivity index (χ3n) is 5.08. The maximum atomic E-state index is 12.6. The summed E-state index contributed by atoms with van der Waals surface area (Å²) < 4.78 is 3.38. The van der Waals surface area contributed by atoms with Crippen molar-refractivity contribution in [1.29, 1.82) is 0 Å². The number of H-pyrrole nitrogens is 1. The van der Waals surface area contributed by atoms with Gasteiger partial charge in [0, 0.05) is 6.54 Å². The van der Waals surface area contributed by atoms with Crippen LogP contribution in [-0.2, 0) is 17.8 Å². The molecule has 0 aliphatic heterocycles. The summed E-state index contributed by atoms with van der Waals surface area (Å²) in [5.74, 6) is -0.0516. The van der Waals surface area contributed by atoms with E-state index >= 15 is 0 Å². The number of rotatable bonds is 8. The Bertz CT molecular complexity index is 1260. The highest BCUT2D eigenvalue weighted by Crippen LogP contribution is 2.23. The van der Waals surface area contributed by atoms with Gasteiger partial charge in [0.25, 0.3) is 0 Å². The Morgan fingerprint density at radius 1 is 1.06 bits per heavy atom. The van der Waals surface area contributed by atoms with Crippen LogP contribution in [0.25, 0.3) is 5.69 Å². The Kier molecular flexibility index (Phi) is 6.55. The summed E-state index contributed by atoms with van der Waals surface area (Å²) in [7, 11) is 0. The third-order valence-corrected chi connectivity index (χ3v) is 6.06. The SMILES string of the molecule is Cc1nn(-c2ccccc2)c(C)c1NC(=O)CSc1n[nH]c(=O)n1CCc1ccccc1. The van der Waals surface area contributed by atoms with Gasteiger partial charge in [-0.05, 0) is 38.0 Å². The van der Waals surface area contributed by atoms with E-state index in [4.69, 9.17) is 0 Å². The van der Waals surface area contributed by atoms with Crippen molar-refractivity contribution in [3.8, 4) is 5.69 Å². The maximum absolute atomic E-state index is 12.6. The predicted molar refractivity (Wildman–Crippen MR) is 125 cm³/mol. The number of nitrogens with zero attached hydrogens (tertiary/aromatic N) is 4. The van der Waals surface area contributed by atoms with Crippen LogP contribution in [0.4, 0.5) is 5.69 Å². The van der Waals surface area contributed by atoms with Crippen molar-refractivity contribution in [2.45, 2.75) is 32.0 Å². The number of para-hydroxylation sites is 1. The van der Waals surface area contributed by atoms with Crippen molar-refractivity contribution in [2.75, 3.05) is 11.1 Å². The summed E-state index contributed by atoms with van der Waals surface area (Å²) in [5, 5.41) is 14.6. The molecule has 4 rings (SSSR count). The lowest BCUT2D eigenvalue weighted by Gasteiger charge is -2.08. The summed E-state index contributed by atoms with van der Waals surface area (Å²) in [4.78, 5) is 24.8. The van der Waals surface area contributed by atoms with E-state index in [9.17, 15) is 9.59 Å². The highest BCUT2D eigenvalue weighted by Gasteiger charge is 2.17. The zero-order chi connectivity index (χ0) is 22.5. The average Bonchev–Trinajstić information content (AvgIpc) is 3.31. The molecule has 2 aromatic carbocycles. The first-order valence-electron chi connectivity index (χ1n) is 10.3. The molecule has 0 bridgehead atoms. The molecule has 0 atom stereocenters. The molecular formula is C23H24N6O2S. The van der Waals surface area contributed by atoms with E-state index in [1.54, 1.807) is 4.57 Å². The third kappa shape index (κ3) is 4.83. The monoisotopic (exact) mass is 448 g/mol. The second kappa shape index (κ2) is 9.69. The maximum Gasteiger partial charge on any atom is 0.343 e. The summed E-state index contributed by atoms with van der Waals surface area (Å²) in [6.45, 7) is 4.28. The van der Waals surface area contributed by atoms with Gasteiger partial charge in [-0.2, -0.15) is 5.10 Å². The molecule has 2 aromatic heterocycles. The second-order valence-corrected chi connectivity index (χ2v) is 8.27. The fraction of sp³-hybridized carbons (Fsp3) is 0.217. The van der Waals surface area contributed by atoms with E-state index in [1.165, 1.54) is 11.8 Å². The van der Waals surface area contributed by atoms with Gasteiger partial charge >= 0.3 is 5.69 Å². The number of hydrogen-bond acceptors (Lipinski definition) is 5. The van der Waals surface area contributed by atoms with E-state index in [0.29, 0.717) is 23.8 Å². The highest BCUT2D eigenvalue weighted by atomic mass is 32.2. The van der Waals surface area contributed by atoms with Gasteiger partial charge in [-0.3, -0.25) is 9.36 Å². The zero-order valence-corrected chi connectivity index (χ0v) is 18.7. The number of hydrogen-bond donors (Lipinski definition) is 2. The molecule has 164 valence electrons. The molecule has 4 aromatic rings. The van der Waals surface area contributed by atoms with Gasteiger partial charge in [0.1, 0.15) is 0 Å². The minimum absolute atomic E-state index is 0.130. The second-order valence-electron chi connectivity index (χ2n) is 7.33. The molecule has 0 aliphatic rings. The number of amides is 1. The van der Waals surface area contributed by atoms with Gasteiger partial charge in [0.2, 0.25) is 5.91 Å². The summed E-state index contributed by atoms with van der Waals surface area (Å²) >= 11 is 1.23. The molecule has 32 heavy (non-hydrogen) atoms. The van der Waals surface area contributed by atoms with Crippen molar-refractivity contribution in [1.82, 2.24) is 24.5 Å². The van der Waals surface area contributed by atoms with Gasteiger partial charge < -0.3 is 5.32 Å². The number of carbonyl (C=O) groups excluding carboxylic acids is 1. The minimum atomic E-state index is -0.278. The number of anilines is 1. The number of aromatic nitrogens is 5. The smallest absolute Gasteiger partial charge is 0.322 e. The number of benzene rings is 2. The van der Waals surface area contributed by atoms with Crippen molar-refractivity contribution < 1.29 is 4.79 Å². The topological polar surface area (TPSA) is 97.6 Å². The summed E-state index contributed by atoms with van der Waals surface area (Å²) in [6.07, 6.45) is 0.705. The fourth-order valence-corrected chi connectivity index (χ4v) is 4.22. The van der Waals surface area contributed by atoms with Gasteiger partial charge in [0.05, 0.1) is 28.5 Å². The molecule has 0 fully saturated rings. The van der Waals surface area contributed by atoms with Crippen LogP contribution in [0.2, 0.25) is 0 Å². The van der Waals surface area contributed by atoms with Crippen LogP contribution in [-0.4, -0.2) is 36.2 Å². The Morgan fingerprint density at radius 2 is 1.75 bits per heavy atom. The van der Waals surface area contributed by atoms with E-state index < -0.39 is 0 Å². The van der Waals surface area contributed by atoms with E-state index in [-0.39, 0.29) is 17.3 Å². The van der Waals surface area contributed by atoms with Crippen molar-refractivity contribution >= 4 is 23.4 Å². The first kappa shape index (κ1) is 21.6. The Labute approximate surface area is 189 Å². The fourth-order valence-electron chi connectivity index (χ4n) is 3.45. The molecule has 0 radical (unpaired) electrons. The first-order chi connectivity index (χ1) is 15.5. The molecule has 0 spiro atoms. The first-order valence-corrected chi connectivity index (χ1v) is 11.2. The van der Waals surface area contributed by atoms with Crippen LogP contribution < -0.4 is 11.0 Å². The predicted octanol–water partition coefficient (Wildman–Crippen LogP) is 3.35. The zero-order valence-electron chi connectivity index (χ0n) is 17.9. The summed E-state index contributed by atoms with van der Waals surface area (Å²) in [5.41, 5.74) is 4.08. The van der Waals surface area contributed by atoms with Crippen molar-refractivity contribution in [2.24, 2.45) is 0 Å². The van der Waals surface area contributed by atoms with Gasteiger partial charge in [-0.25, -0.2) is 14.6 Å². The molecule has 9 heteroatoms. The molecule has 2 heterocycles. The number of aromatic amines is 1. The molecular weight excluding hydrogens is 424 g/mol. The van der Waals surface area contributed by atoms with E-state index in [1.807, 2.05) is 79.2 Å².